The van der Waals surface area contributed by atoms with Crippen molar-refractivity contribution in [3.8, 4) is 0 Å². The number of hydrogen-bond donors (Lipinski definition) is 1. The molecule has 4 nitrogen and oxygen atoms in total. The maximum atomic E-state index is 14.2. The molecule has 1 saturated heterocycles. The quantitative estimate of drug-likeness (QED) is 0.907. The third kappa shape index (κ3) is 3.44. The van der Waals surface area contributed by atoms with Crippen LogP contribution in [0.5, 0.6) is 0 Å². The van der Waals surface area contributed by atoms with Crippen LogP contribution < -0.4 is 5.32 Å². The van der Waals surface area contributed by atoms with Crippen molar-refractivity contribution >= 4 is 10.0 Å². The Bertz CT molecular complexity index is 604. The molecule has 1 aromatic carbocycles. The molecule has 0 saturated carbocycles. The van der Waals surface area contributed by atoms with Crippen molar-refractivity contribution in [3.63, 3.8) is 0 Å². The van der Waals surface area contributed by atoms with E-state index in [-0.39, 0.29) is 10.9 Å². The Morgan fingerprint density at radius 1 is 1.38 bits per heavy atom. The summed E-state index contributed by atoms with van der Waals surface area (Å²) in [6.07, 6.45) is 0.819. The summed E-state index contributed by atoms with van der Waals surface area (Å²) >= 11 is 0. The first-order valence-electron chi connectivity index (χ1n) is 7.37. The zero-order valence-corrected chi connectivity index (χ0v) is 13.6. The largest absolute Gasteiger partial charge is 0.313 e. The summed E-state index contributed by atoms with van der Waals surface area (Å²) in [6, 6.07) is 4.28. The molecule has 2 unspecified atom stereocenters. The zero-order valence-electron chi connectivity index (χ0n) is 12.8. The van der Waals surface area contributed by atoms with Gasteiger partial charge in [0.25, 0.3) is 0 Å². The van der Waals surface area contributed by atoms with Crippen LogP contribution in [0, 0.1) is 11.7 Å². The van der Waals surface area contributed by atoms with Crippen molar-refractivity contribution in [1.29, 1.82) is 0 Å². The molecule has 21 heavy (non-hydrogen) atoms. The highest BCUT2D eigenvalue weighted by atomic mass is 32.2. The highest BCUT2D eigenvalue weighted by molar-refractivity contribution is 7.89. The maximum Gasteiger partial charge on any atom is 0.246 e. The molecule has 0 bridgehead atoms. The van der Waals surface area contributed by atoms with Crippen molar-refractivity contribution in [1.82, 2.24) is 9.62 Å². The van der Waals surface area contributed by atoms with E-state index in [2.05, 4.69) is 5.32 Å². The van der Waals surface area contributed by atoms with Gasteiger partial charge in [-0.2, -0.15) is 4.31 Å². The Kier molecular flexibility index (Phi) is 5.01. The normalized spacial score (nSPS) is 23.6. The Labute approximate surface area is 126 Å². The molecule has 0 aromatic heterocycles. The highest BCUT2D eigenvalue weighted by Gasteiger charge is 2.37. The van der Waals surface area contributed by atoms with Crippen LogP contribution in [0.25, 0.3) is 0 Å². The summed E-state index contributed by atoms with van der Waals surface area (Å²) < 4.78 is 40.8. The number of hydrogen-bond acceptors (Lipinski definition) is 3. The number of benzene rings is 1. The van der Waals surface area contributed by atoms with Gasteiger partial charge in [0.1, 0.15) is 10.7 Å². The standard InChI is InChI=1S/C15H23FN2O2S/c1-4-17-9-13-5-6-15(14(16)8-13)21(19,20)18-10-11(2)7-12(18)3/h5-6,8,11-12,17H,4,7,9-10H2,1-3H3. The molecule has 1 N–H and O–H groups in total. The van der Waals surface area contributed by atoms with E-state index < -0.39 is 15.8 Å². The molecule has 1 fully saturated rings. The Balaban J connectivity index is 2.28. The van der Waals surface area contributed by atoms with Gasteiger partial charge >= 0.3 is 0 Å². The van der Waals surface area contributed by atoms with Crippen LogP contribution in [0.2, 0.25) is 0 Å². The molecule has 1 aliphatic rings. The van der Waals surface area contributed by atoms with Gasteiger partial charge in [0.15, 0.2) is 0 Å². The van der Waals surface area contributed by atoms with Crippen LogP contribution in [0.15, 0.2) is 23.1 Å². The van der Waals surface area contributed by atoms with Crippen LogP contribution in [0.3, 0.4) is 0 Å². The molecule has 0 radical (unpaired) electrons. The van der Waals surface area contributed by atoms with Crippen LogP contribution in [0.4, 0.5) is 4.39 Å². The Hall–Kier alpha value is -0.980. The van der Waals surface area contributed by atoms with Gasteiger partial charge in [-0.3, -0.25) is 0 Å². The third-order valence-corrected chi connectivity index (χ3v) is 5.90. The minimum absolute atomic E-state index is 0.0779. The number of nitrogens with one attached hydrogen (secondary N) is 1. The fourth-order valence-corrected chi connectivity index (χ4v) is 4.66. The molecule has 1 heterocycles. The van der Waals surface area contributed by atoms with E-state index >= 15 is 0 Å². The lowest BCUT2D eigenvalue weighted by molar-refractivity contribution is 0.402. The molecule has 2 rings (SSSR count). The average Bonchev–Trinajstić information content (AvgIpc) is 2.76. The van der Waals surface area contributed by atoms with E-state index in [1.54, 1.807) is 6.07 Å². The third-order valence-electron chi connectivity index (χ3n) is 3.89. The van der Waals surface area contributed by atoms with E-state index in [0.29, 0.717) is 19.0 Å². The van der Waals surface area contributed by atoms with Gasteiger partial charge in [0, 0.05) is 19.1 Å². The van der Waals surface area contributed by atoms with Gasteiger partial charge in [-0.15, -0.1) is 0 Å². The van der Waals surface area contributed by atoms with Crippen molar-refractivity contribution in [2.75, 3.05) is 13.1 Å². The number of sulfonamides is 1. The summed E-state index contributed by atoms with van der Waals surface area (Å²) in [5, 5.41) is 3.09. The second kappa shape index (κ2) is 6.42. The Morgan fingerprint density at radius 3 is 2.62 bits per heavy atom. The van der Waals surface area contributed by atoms with Gasteiger partial charge in [-0.1, -0.05) is 19.9 Å². The average molecular weight is 314 g/mol. The number of nitrogens with zero attached hydrogens (tertiary/aromatic N) is 1. The van der Waals surface area contributed by atoms with Gasteiger partial charge in [-0.05, 0) is 43.5 Å². The first-order chi connectivity index (χ1) is 9.86. The molecular weight excluding hydrogens is 291 g/mol. The highest BCUT2D eigenvalue weighted by Crippen LogP contribution is 2.30. The van der Waals surface area contributed by atoms with Crippen molar-refractivity contribution < 1.29 is 12.8 Å². The summed E-state index contributed by atoms with van der Waals surface area (Å²) in [5.41, 5.74) is 0.746. The maximum absolute atomic E-state index is 14.2. The molecular formula is C15H23FN2O2S. The van der Waals surface area contributed by atoms with Crippen LogP contribution in [-0.2, 0) is 16.6 Å². The van der Waals surface area contributed by atoms with Crippen LogP contribution in [0.1, 0.15) is 32.8 Å². The lowest BCUT2D eigenvalue weighted by atomic mass is 10.1. The van der Waals surface area contributed by atoms with E-state index in [9.17, 15) is 12.8 Å². The van der Waals surface area contributed by atoms with Gasteiger partial charge in [-0.25, -0.2) is 12.8 Å². The summed E-state index contributed by atoms with van der Waals surface area (Å²) in [4.78, 5) is -0.219. The lowest BCUT2D eigenvalue weighted by Crippen LogP contribution is -2.34. The topological polar surface area (TPSA) is 49.4 Å². The summed E-state index contributed by atoms with van der Waals surface area (Å²) in [6.45, 7) is 7.63. The summed E-state index contributed by atoms with van der Waals surface area (Å²) in [7, 11) is -3.75. The second-order valence-corrected chi connectivity index (χ2v) is 7.67. The van der Waals surface area contributed by atoms with Gasteiger partial charge in [0.2, 0.25) is 10.0 Å². The zero-order chi connectivity index (χ0) is 15.6. The fraction of sp³-hybridized carbons (Fsp3) is 0.600. The van der Waals surface area contributed by atoms with E-state index in [0.717, 1.165) is 18.5 Å². The van der Waals surface area contributed by atoms with E-state index in [1.165, 1.54) is 16.4 Å². The monoisotopic (exact) mass is 314 g/mol. The lowest BCUT2D eigenvalue weighted by Gasteiger charge is -2.21. The van der Waals surface area contributed by atoms with E-state index in [1.807, 2.05) is 20.8 Å². The first kappa shape index (κ1) is 16.4. The molecule has 1 aromatic rings. The predicted molar refractivity (Wildman–Crippen MR) is 80.9 cm³/mol. The van der Waals surface area contributed by atoms with Gasteiger partial charge in [0.05, 0.1) is 0 Å². The van der Waals surface area contributed by atoms with E-state index in [4.69, 9.17) is 0 Å². The van der Waals surface area contributed by atoms with Crippen LogP contribution in [-0.4, -0.2) is 31.9 Å². The van der Waals surface area contributed by atoms with Crippen molar-refractivity contribution in [2.45, 2.75) is 44.7 Å². The second-order valence-electron chi connectivity index (χ2n) is 5.81. The number of rotatable bonds is 5. The molecule has 2 atom stereocenters. The Morgan fingerprint density at radius 2 is 2.10 bits per heavy atom. The SMILES string of the molecule is CCNCc1ccc(S(=O)(=O)N2CC(C)CC2C)c(F)c1. The van der Waals surface area contributed by atoms with Gasteiger partial charge < -0.3 is 5.32 Å². The molecule has 0 spiro atoms. The number of halogens is 1. The predicted octanol–water partition coefficient (Wildman–Crippen LogP) is 2.35. The molecule has 6 heteroatoms. The minimum Gasteiger partial charge on any atom is -0.313 e. The van der Waals surface area contributed by atoms with Crippen LogP contribution >= 0.6 is 0 Å². The van der Waals surface area contributed by atoms with Crippen molar-refractivity contribution in [2.24, 2.45) is 5.92 Å². The smallest absolute Gasteiger partial charge is 0.246 e. The first-order valence-corrected chi connectivity index (χ1v) is 8.81. The van der Waals surface area contributed by atoms with Crippen molar-refractivity contribution in [3.05, 3.63) is 29.6 Å². The molecule has 0 aliphatic carbocycles. The molecule has 0 amide bonds. The minimum atomic E-state index is -3.75. The molecule has 1 aliphatic heterocycles. The molecule has 118 valence electrons. The summed E-state index contributed by atoms with van der Waals surface area (Å²) in [5.74, 6) is -0.358. The fourth-order valence-electron chi connectivity index (χ4n) is 2.86.